The second kappa shape index (κ2) is 8.03. The van der Waals surface area contributed by atoms with E-state index in [0.29, 0.717) is 19.8 Å². The molecule has 25 heavy (non-hydrogen) atoms. The average Bonchev–Trinajstić information content (AvgIpc) is 3.17. The highest BCUT2D eigenvalue weighted by Crippen LogP contribution is 2.29. The molecule has 7 nitrogen and oxygen atoms in total. The minimum atomic E-state index is -0.419. The second-order valence-corrected chi connectivity index (χ2v) is 6.62. The van der Waals surface area contributed by atoms with Gasteiger partial charge in [0.05, 0.1) is 19.3 Å². The van der Waals surface area contributed by atoms with Crippen molar-refractivity contribution in [3.8, 4) is 0 Å². The van der Waals surface area contributed by atoms with Crippen LogP contribution in [-0.4, -0.2) is 64.3 Å². The Morgan fingerprint density at radius 2 is 1.92 bits per heavy atom. The van der Waals surface area contributed by atoms with Crippen molar-refractivity contribution in [1.29, 1.82) is 0 Å². The number of hydrogen-bond donors (Lipinski definition) is 2. The van der Waals surface area contributed by atoms with Crippen molar-refractivity contribution in [3.05, 3.63) is 29.8 Å². The van der Waals surface area contributed by atoms with Crippen molar-refractivity contribution in [1.82, 2.24) is 10.6 Å². The SMILES string of the molecule is CCNC(=O)OC1COC2C(NCc3ccc(N(C)C)cc3)COC12. The molecule has 1 amide bonds. The number of hydrogen-bond acceptors (Lipinski definition) is 6. The lowest BCUT2D eigenvalue weighted by molar-refractivity contribution is 0.00400. The number of benzene rings is 1. The predicted molar refractivity (Wildman–Crippen MR) is 94.8 cm³/mol. The maximum Gasteiger partial charge on any atom is 0.407 e. The Kier molecular flexibility index (Phi) is 5.78. The molecule has 0 aliphatic carbocycles. The van der Waals surface area contributed by atoms with Gasteiger partial charge in [-0.1, -0.05) is 12.1 Å². The van der Waals surface area contributed by atoms with Crippen LogP contribution >= 0.6 is 0 Å². The molecule has 138 valence electrons. The number of rotatable bonds is 6. The molecule has 0 aromatic heterocycles. The summed E-state index contributed by atoms with van der Waals surface area (Å²) >= 11 is 0. The summed E-state index contributed by atoms with van der Waals surface area (Å²) in [5.41, 5.74) is 2.39. The lowest BCUT2D eigenvalue weighted by atomic mass is 10.1. The fourth-order valence-electron chi connectivity index (χ4n) is 3.22. The summed E-state index contributed by atoms with van der Waals surface area (Å²) in [6.07, 6.45) is -1.04. The summed E-state index contributed by atoms with van der Waals surface area (Å²) in [5.74, 6) is 0. The van der Waals surface area contributed by atoms with Gasteiger partial charge in [-0.15, -0.1) is 0 Å². The highest BCUT2D eigenvalue weighted by Gasteiger charge is 2.49. The highest BCUT2D eigenvalue weighted by molar-refractivity contribution is 5.67. The Morgan fingerprint density at radius 3 is 2.60 bits per heavy atom. The third kappa shape index (κ3) is 4.23. The number of fused-ring (bicyclic) bond motifs is 1. The Morgan fingerprint density at radius 1 is 1.20 bits per heavy atom. The van der Waals surface area contributed by atoms with Gasteiger partial charge < -0.3 is 29.7 Å². The van der Waals surface area contributed by atoms with E-state index in [0.717, 1.165) is 6.54 Å². The van der Waals surface area contributed by atoms with Gasteiger partial charge in [0.15, 0.2) is 6.10 Å². The second-order valence-electron chi connectivity index (χ2n) is 6.62. The van der Waals surface area contributed by atoms with Gasteiger partial charge in [0.25, 0.3) is 0 Å². The number of anilines is 1. The Bertz CT molecular complexity index is 578. The predicted octanol–water partition coefficient (Wildman–Crippen LogP) is 1.12. The summed E-state index contributed by atoms with van der Waals surface area (Å²) in [4.78, 5) is 13.7. The van der Waals surface area contributed by atoms with E-state index in [1.165, 1.54) is 11.3 Å². The van der Waals surface area contributed by atoms with Gasteiger partial charge in [-0.05, 0) is 24.6 Å². The Balaban J connectivity index is 1.50. The molecular formula is C18H27N3O4. The van der Waals surface area contributed by atoms with E-state index < -0.39 is 6.09 Å². The van der Waals surface area contributed by atoms with Crippen molar-refractivity contribution in [2.45, 2.75) is 37.8 Å². The fraction of sp³-hybridized carbons (Fsp3) is 0.611. The van der Waals surface area contributed by atoms with E-state index in [-0.39, 0.29) is 24.4 Å². The first-order chi connectivity index (χ1) is 12.1. The molecule has 7 heteroatoms. The van der Waals surface area contributed by atoms with Crippen molar-refractivity contribution in [3.63, 3.8) is 0 Å². The summed E-state index contributed by atoms with van der Waals surface area (Å²) in [6, 6.07) is 8.54. The van der Waals surface area contributed by atoms with Crippen LogP contribution in [0, 0.1) is 0 Å². The molecule has 4 unspecified atom stereocenters. The van der Waals surface area contributed by atoms with Gasteiger partial charge in [0, 0.05) is 32.9 Å². The number of carbonyl (C=O) groups is 1. The molecule has 4 atom stereocenters. The van der Waals surface area contributed by atoms with E-state index >= 15 is 0 Å². The number of carbonyl (C=O) groups excluding carboxylic acids is 1. The van der Waals surface area contributed by atoms with E-state index in [9.17, 15) is 4.79 Å². The third-order valence-electron chi connectivity index (χ3n) is 4.61. The molecule has 1 aromatic rings. The average molecular weight is 349 g/mol. The molecule has 1 aromatic carbocycles. The zero-order valence-corrected chi connectivity index (χ0v) is 15.0. The quantitative estimate of drug-likeness (QED) is 0.802. The van der Waals surface area contributed by atoms with E-state index in [4.69, 9.17) is 14.2 Å². The summed E-state index contributed by atoms with van der Waals surface area (Å²) in [7, 11) is 4.06. The molecule has 3 rings (SSSR count). The van der Waals surface area contributed by atoms with Gasteiger partial charge >= 0.3 is 6.09 Å². The number of nitrogens with zero attached hydrogens (tertiary/aromatic N) is 1. The van der Waals surface area contributed by atoms with Crippen LogP contribution in [0.3, 0.4) is 0 Å². The lowest BCUT2D eigenvalue weighted by Crippen LogP contribution is -2.41. The van der Waals surface area contributed by atoms with Crippen LogP contribution in [0.25, 0.3) is 0 Å². The van der Waals surface area contributed by atoms with Gasteiger partial charge in [-0.25, -0.2) is 4.79 Å². The standard InChI is InChI=1S/C18H27N3O4/c1-4-19-18(22)25-15-11-24-16-14(10-23-17(15)16)20-9-12-5-7-13(8-6-12)21(2)3/h5-8,14-17,20H,4,9-11H2,1-3H3,(H,19,22). The van der Waals surface area contributed by atoms with Crippen LogP contribution in [0.2, 0.25) is 0 Å². The maximum atomic E-state index is 11.6. The summed E-state index contributed by atoms with van der Waals surface area (Å²) in [5, 5.41) is 6.13. The van der Waals surface area contributed by atoms with Crippen LogP contribution in [0.15, 0.2) is 24.3 Å². The minimum absolute atomic E-state index is 0.0829. The van der Waals surface area contributed by atoms with Crippen LogP contribution < -0.4 is 15.5 Å². The molecule has 0 saturated carbocycles. The monoisotopic (exact) mass is 349 g/mol. The number of amides is 1. The van der Waals surface area contributed by atoms with E-state index in [1.54, 1.807) is 0 Å². The number of alkyl carbamates (subject to hydrolysis) is 1. The van der Waals surface area contributed by atoms with Crippen molar-refractivity contribution >= 4 is 11.8 Å². The zero-order valence-electron chi connectivity index (χ0n) is 15.0. The molecule has 2 aliphatic heterocycles. The largest absolute Gasteiger partial charge is 0.441 e. The Hall–Kier alpha value is -1.83. The van der Waals surface area contributed by atoms with E-state index in [2.05, 4.69) is 39.8 Å². The van der Waals surface area contributed by atoms with Gasteiger partial charge in [0.1, 0.15) is 12.2 Å². The van der Waals surface area contributed by atoms with Crippen LogP contribution in [0.5, 0.6) is 0 Å². The lowest BCUT2D eigenvalue weighted by Gasteiger charge is -2.18. The van der Waals surface area contributed by atoms with Gasteiger partial charge in [0.2, 0.25) is 0 Å². The number of nitrogens with one attached hydrogen (secondary N) is 2. The fourth-order valence-corrected chi connectivity index (χ4v) is 3.22. The van der Waals surface area contributed by atoms with Crippen molar-refractivity contribution in [2.24, 2.45) is 0 Å². The van der Waals surface area contributed by atoms with Gasteiger partial charge in [-0.3, -0.25) is 0 Å². The van der Waals surface area contributed by atoms with Crippen molar-refractivity contribution < 1.29 is 19.0 Å². The molecule has 2 heterocycles. The molecule has 0 radical (unpaired) electrons. The molecule has 2 saturated heterocycles. The molecule has 2 aliphatic rings. The summed E-state index contributed by atoms with van der Waals surface area (Å²) < 4.78 is 17.0. The topological polar surface area (TPSA) is 72.1 Å². The summed E-state index contributed by atoms with van der Waals surface area (Å²) in [6.45, 7) is 4.07. The first-order valence-corrected chi connectivity index (χ1v) is 8.76. The normalized spacial score (nSPS) is 27.8. The van der Waals surface area contributed by atoms with Crippen LogP contribution in [0.1, 0.15) is 12.5 Å². The van der Waals surface area contributed by atoms with Crippen molar-refractivity contribution in [2.75, 3.05) is 38.8 Å². The first kappa shape index (κ1) is 18.0. The van der Waals surface area contributed by atoms with Crippen LogP contribution in [0.4, 0.5) is 10.5 Å². The minimum Gasteiger partial charge on any atom is -0.441 e. The van der Waals surface area contributed by atoms with Crippen LogP contribution in [-0.2, 0) is 20.8 Å². The number of ether oxygens (including phenoxy) is 3. The smallest absolute Gasteiger partial charge is 0.407 e. The molecule has 0 bridgehead atoms. The zero-order chi connectivity index (χ0) is 17.8. The third-order valence-corrected chi connectivity index (χ3v) is 4.61. The maximum absolute atomic E-state index is 11.6. The Labute approximate surface area is 148 Å². The molecular weight excluding hydrogens is 322 g/mol. The molecule has 0 spiro atoms. The molecule has 2 fully saturated rings. The molecule has 2 N–H and O–H groups in total. The van der Waals surface area contributed by atoms with Gasteiger partial charge in [-0.2, -0.15) is 0 Å². The first-order valence-electron chi connectivity index (χ1n) is 8.76. The van der Waals surface area contributed by atoms with E-state index in [1.807, 2.05) is 21.0 Å². The highest BCUT2D eigenvalue weighted by atomic mass is 16.6.